The minimum absolute atomic E-state index is 0.200. The van der Waals surface area contributed by atoms with E-state index in [4.69, 9.17) is 13.9 Å². The average molecular weight is 432 g/mol. The van der Waals surface area contributed by atoms with Crippen LogP contribution in [-0.4, -0.2) is 42.3 Å². The minimum Gasteiger partial charge on any atom is -0.496 e. The first kappa shape index (κ1) is 24.2. The van der Waals surface area contributed by atoms with E-state index in [0.717, 1.165) is 5.56 Å². The number of methoxy groups -OCH3 is 1. The summed E-state index contributed by atoms with van der Waals surface area (Å²) in [6, 6.07) is 4.71. The zero-order valence-corrected chi connectivity index (χ0v) is 19.4. The van der Waals surface area contributed by atoms with E-state index in [2.05, 4.69) is 10.3 Å². The fraction of sp³-hybridized carbons (Fsp3) is 0.522. The molecule has 0 fully saturated rings. The molecule has 1 atom stereocenters. The first-order valence-corrected chi connectivity index (χ1v) is 10.4. The third kappa shape index (κ3) is 6.73. The Morgan fingerprint density at radius 3 is 2.48 bits per heavy atom. The number of oxazole rings is 1. The normalized spacial score (nSPS) is 12.4. The molecule has 0 aliphatic rings. The average Bonchev–Trinajstić information content (AvgIpc) is 3.20. The Labute approximate surface area is 183 Å². The van der Waals surface area contributed by atoms with E-state index in [9.17, 15) is 9.59 Å². The standard InChI is InChI=1S/C23H33N3O5/c1-8-26(16-9-10-17(19(12-16)29-7)20-13-24-14-30-20)21(27)18(11-15(2)3)25-22(28)31-23(4,5)6/h9-10,12-15,18H,8,11H2,1-7H3,(H,25,28). The molecule has 8 nitrogen and oxygen atoms in total. The number of anilines is 1. The van der Waals surface area contributed by atoms with Gasteiger partial charge in [-0.2, -0.15) is 0 Å². The topological polar surface area (TPSA) is 93.9 Å². The lowest BCUT2D eigenvalue weighted by Crippen LogP contribution is -2.50. The van der Waals surface area contributed by atoms with Gasteiger partial charge in [0.05, 0.1) is 18.9 Å². The highest BCUT2D eigenvalue weighted by atomic mass is 16.6. The molecule has 31 heavy (non-hydrogen) atoms. The molecule has 0 spiro atoms. The second-order valence-electron chi connectivity index (χ2n) is 8.66. The smallest absolute Gasteiger partial charge is 0.408 e. The lowest BCUT2D eigenvalue weighted by Gasteiger charge is -2.29. The monoisotopic (exact) mass is 431 g/mol. The van der Waals surface area contributed by atoms with Gasteiger partial charge in [-0.1, -0.05) is 13.8 Å². The van der Waals surface area contributed by atoms with Crippen molar-refractivity contribution >= 4 is 17.7 Å². The maximum Gasteiger partial charge on any atom is 0.408 e. The summed E-state index contributed by atoms with van der Waals surface area (Å²) >= 11 is 0. The summed E-state index contributed by atoms with van der Waals surface area (Å²) < 4.78 is 16.2. The molecule has 1 heterocycles. The van der Waals surface area contributed by atoms with Gasteiger partial charge in [0.15, 0.2) is 12.2 Å². The third-order valence-corrected chi connectivity index (χ3v) is 4.47. The molecule has 0 saturated heterocycles. The zero-order valence-electron chi connectivity index (χ0n) is 19.4. The number of amides is 2. The van der Waals surface area contributed by atoms with E-state index in [0.29, 0.717) is 30.2 Å². The van der Waals surface area contributed by atoms with Crippen molar-refractivity contribution in [3.63, 3.8) is 0 Å². The highest BCUT2D eigenvalue weighted by Crippen LogP contribution is 2.33. The van der Waals surface area contributed by atoms with Gasteiger partial charge < -0.3 is 24.1 Å². The maximum atomic E-state index is 13.4. The van der Waals surface area contributed by atoms with E-state index in [-0.39, 0.29) is 11.8 Å². The van der Waals surface area contributed by atoms with E-state index in [1.807, 2.05) is 32.9 Å². The Balaban J connectivity index is 2.30. The Morgan fingerprint density at radius 1 is 1.26 bits per heavy atom. The molecular weight excluding hydrogens is 398 g/mol. The van der Waals surface area contributed by atoms with Crippen LogP contribution in [0.15, 0.2) is 35.2 Å². The number of carbonyl (C=O) groups excluding carboxylic acids is 2. The second-order valence-corrected chi connectivity index (χ2v) is 8.66. The van der Waals surface area contributed by atoms with Crippen LogP contribution in [0.1, 0.15) is 48.0 Å². The lowest BCUT2D eigenvalue weighted by molar-refractivity contribution is -0.121. The van der Waals surface area contributed by atoms with Crippen molar-refractivity contribution in [2.75, 3.05) is 18.6 Å². The number of likely N-dealkylation sites (N-methyl/N-ethyl adjacent to an activating group) is 1. The SMILES string of the molecule is CCN(C(=O)C(CC(C)C)NC(=O)OC(C)(C)C)c1ccc(-c2cnco2)c(OC)c1. The molecule has 0 saturated carbocycles. The van der Waals surface area contributed by atoms with Crippen molar-refractivity contribution < 1.29 is 23.5 Å². The van der Waals surface area contributed by atoms with Crippen molar-refractivity contribution in [1.82, 2.24) is 10.3 Å². The molecule has 170 valence electrons. The van der Waals surface area contributed by atoms with E-state index in [1.165, 1.54) is 6.39 Å². The zero-order chi connectivity index (χ0) is 23.2. The van der Waals surface area contributed by atoms with E-state index >= 15 is 0 Å². The van der Waals surface area contributed by atoms with Crippen molar-refractivity contribution in [2.45, 2.75) is 59.6 Å². The van der Waals surface area contributed by atoms with Crippen LogP contribution in [0, 0.1) is 5.92 Å². The highest BCUT2D eigenvalue weighted by molar-refractivity contribution is 5.99. The molecule has 2 amide bonds. The quantitative estimate of drug-likeness (QED) is 0.654. The molecule has 8 heteroatoms. The molecule has 0 bridgehead atoms. The number of nitrogens with zero attached hydrogens (tertiary/aromatic N) is 2. The van der Waals surface area contributed by atoms with Crippen LogP contribution in [0.2, 0.25) is 0 Å². The summed E-state index contributed by atoms with van der Waals surface area (Å²) in [7, 11) is 1.56. The van der Waals surface area contributed by atoms with Gasteiger partial charge >= 0.3 is 6.09 Å². The molecule has 2 aromatic rings. The Kier molecular flexibility index (Phi) is 8.08. The first-order chi connectivity index (χ1) is 14.6. The second kappa shape index (κ2) is 10.3. The van der Waals surface area contributed by atoms with Crippen LogP contribution in [-0.2, 0) is 9.53 Å². The third-order valence-electron chi connectivity index (χ3n) is 4.47. The number of nitrogens with one attached hydrogen (secondary N) is 1. The molecule has 0 radical (unpaired) electrons. The Bertz CT molecular complexity index is 872. The van der Waals surface area contributed by atoms with Gasteiger partial charge in [-0.15, -0.1) is 0 Å². The number of hydrogen-bond donors (Lipinski definition) is 1. The van der Waals surface area contributed by atoms with Crippen molar-refractivity contribution in [3.05, 3.63) is 30.8 Å². The maximum absolute atomic E-state index is 13.4. The van der Waals surface area contributed by atoms with Gasteiger partial charge in [-0.25, -0.2) is 9.78 Å². The molecule has 1 aromatic heterocycles. The summed E-state index contributed by atoms with van der Waals surface area (Å²) in [5, 5.41) is 2.74. The predicted molar refractivity (Wildman–Crippen MR) is 119 cm³/mol. The van der Waals surface area contributed by atoms with Gasteiger partial charge in [0.2, 0.25) is 5.91 Å². The molecule has 1 unspecified atom stereocenters. The van der Waals surface area contributed by atoms with E-state index in [1.54, 1.807) is 45.0 Å². The fourth-order valence-electron chi connectivity index (χ4n) is 3.20. The summed E-state index contributed by atoms with van der Waals surface area (Å²) in [5.41, 5.74) is 0.745. The number of ether oxygens (including phenoxy) is 2. The van der Waals surface area contributed by atoms with Gasteiger partial charge in [0.25, 0.3) is 0 Å². The lowest BCUT2D eigenvalue weighted by atomic mass is 10.0. The molecule has 0 aliphatic heterocycles. The van der Waals surface area contributed by atoms with Gasteiger partial charge in [-0.3, -0.25) is 4.79 Å². The van der Waals surface area contributed by atoms with Gasteiger partial charge in [0.1, 0.15) is 17.4 Å². The van der Waals surface area contributed by atoms with Crippen LogP contribution in [0.25, 0.3) is 11.3 Å². The largest absolute Gasteiger partial charge is 0.496 e. The van der Waals surface area contributed by atoms with Crippen LogP contribution < -0.4 is 15.0 Å². The van der Waals surface area contributed by atoms with E-state index < -0.39 is 17.7 Å². The van der Waals surface area contributed by atoms with Crippen LogP contribution in [0.5, 0.6) is 5.75 Å². The van der Waals surface area contributed by atoms with Crippen molar-refractivity contribution in [2.24, 2.45) is 5.92 Å². The number of hydrogen-bond acceptors (Lipinski definition) is 6. The van der Waals surface area contributed by atoms with Crippen LogP contribution >= 0.6 is 0 Å². The summed E-state index contributed by atoms with van der Waals surface area (Å²) in [4.78, 5) is 31.3. The summed E-state index contributed by atoms with van der Waals surface area (Å²) in [5.74, 6) is 1.12. The molecule has 1 N–H and O–H groups in total. The van der Waals surface area contributed by atoms with Crippen LogP contribution in [0.3, 0.4) is 0 Å². The number of benzene rings is 1. The number of aromatic nitrogens is 1. The molecule has 1 aromatic carbocycles. The number of carbonyl (C=O) groups is 2. The number of alkyl carbamates (subject to hydrolysis) is 1. The Hall–Kier alpha value is -3.03. The summed E-state index contributed by atoms with van der Waals surface area (Å²) in [6.07, 6.45) is 2.83. The Morgan fingerprint density at radius 2 is 1.97 bits per heavy atom. The minimum atomic E-state index is -0.713. The van der Waals surface area contributed by atoms with Gasteiger partial charge in [0, 0.05) is 18.3 Å². The van der Waals surface area contributed by atoms with Gasteiger partial charge in [-0.05, 0) is 52.2 Å². The first-order valence-electron chi connectivity index (χ1n) is 10.4. The fourth-order valence-corrected chi connectivity index (χ4v) is 3.20. The van der Waals surface area contributed by atoms with Crippen LogP contribution in [0.4, 0.5) is 10.5 Å². The molecule has 2 rings (SSSR count). The summed E-state index contributed by atoms with van der Waals surface area (Å²) in [6.45, 7) is 11.7. The molecule has 0 aliphatic carbocycles. The number of rotatable bonds is 8. The highest BCUT2D eigenvalue weighted by Gasteiger charge is 2.29. The molecular formula is C23H33N3O5. The predicted octanol–water partition coefficient (Wildman–Crippen LogP) is 4.64. The van der Waals surface area contributed by atoms with Crippen molar-refractivity contribution in [3.8, 4) is 17.1 Å². The van der Waals surface area contributed by atoms with Crippen molar-refractivity contribution in [1.29, 1.82) is 0 Å².